The molecule has 1 aliphatic rings. The number of nitro groups is 1. The minimum Gasteiger partial charge on any atom is -0.258 e. The highest BCUT2D eigenvalue weighted by molar-refractivity contribution is 7.89. The third-order valence-electron chi connectivity index (χ3n) is 3.97. The first-order chi connectivity index (χ1) is 9.63. The zero-order valence-corrected chi connectivity index (χ0v) is 13.4. The molecular formula is C13H17ClN2O4S. The van der Waals surface area contributed by atoms with Crippen LogP contribution in [0.1, 0.15) is 33.1 Å². The third-order valence-corrected chi connectivity index (χ3v) is 5.92. The number of halogens is 1. The average molecular weight is 333 g/mol. The molecule has 1 fully saturated rings. The molecule has 8 heteroatoms. The Bertz CT molecular complexity index is 673. The summed E-state index contributed by atoms with van der Waals surface area (Å²) in [6.07, 6.45) is 2.63. The van der Waals surface area contributed by atoms with Crippen molar-refractivity contribution >= 4 is 27.3 Å². The number of non-ortho nitro benzene ring substituents is 1. The molecule has 1 unspecified atom stereocenters. The van der Waals surface area contributed by atoms with Crippen molar-refractivity contribution in [2.24, 2.45) is 5.41 Å². The second-order valence-electron chi connectivity index (χ2n) is 5.93. The maximum Gasteiger partial charge on any atom is 0.270 e. The van der Waals surface area contributed by atoms with E-state index >= 15 is 0 Å². The fourth-order valence-corrected chi connectivity index (χ4v) is 4.57. The van der Waals surface area contributed by atoms with Crippen LogP contribution in [0.5, 0.6) is 0 Å². The van der Waals surface area contributed by atoms with Gasteiger partial charge in [0, 0.05) is 18.2 Å². The standard InChI is InChI=1S/C13H17ClN2O4S/c1-13(2)7-3-4-12(13)15-21(19,20)11-8-9(16(17)18)5-6-10(11)14/h5-6,8,12,15H,3-4,7H2,1-2H3. The summed E-state index contributed by atoms with van der Waals surface area (Å²) in [6.45, 7) is 4.00. The van der Waals surface area contributed by atoms with E-state index in [2.05, 4.69) is 4.72 Å². The van der Waals surface area contributed by atoms with E-state index < -0.39 is 14.9 Å². The molecule has 1 aliphatic carbocycles. The van der Waals surface area contributed by atoms with Gasteiger partial charge in [0.1, 0.15) is 4.90 Å². The Morgan fingerprint density at radius 2 is 2.10 bits per heavy atom. The van der Waals surface area contributed by atoms with Crippen LogP contribution in [0.4, 0.5) is 5.69 Å². The Morgan fingerprint density at radius 1 is 1.43 bits per heavy atom. The van der Waals surface area contributed by atoms with Gasteiger partial charge in [0.2, 0.25) is 10.0 Å². The molecule has 21 heavy (non-hydrogen) atoms. The predicted molar refractivity (Wildman–Crippen MR) is 79.8 cm³/mol. The number of nitro benzene ring substituents is 1. The SMILES string of the molecule is CC1(C)CCCC1NS(=O)(=O)c1cc([N+](=O)[O-])ccc1Cl. The maximum absolute atomic E-state index is 12.5. The summed E-state index contributed by atoms with van der Waals surface area (Å²) in [7, 11) is -3.89. The Balaban J connectivity index is 2.36. The molecule has 0 bridgehead atoms. The van der Waals surface area contributed by atoms with Gasteiger partial charge in [-0.3, -0.25) is 10.1 Å². The molecule has 6 nitrogen and oxygen atoms in total. The van der Waals surface area contributed by atoms with Gasteiger partial charge in [-0.1, -0.05) is 31.9 Å². The zero-order valence-electron chi connectivity index (χ0n) is 11.8. The van der Waals surface area contributed by atoms with E-state index in [1.54, 1.807) is 0 Å². The van der Waals surface area contributed by atoms with E-state index in [4.69, 9.17) is 11.6 Å². The molecule has 0 amide bonds. The van der Waals surface area contributed by atoms with Crippen LogP contribution < -0.4 is 4.72 Å². The lowest BCUT2D eigenvalue weighted by Gasteiger charge is -2.27. The molecule has 1 aromatic carbocycles. The number of hydrogen-bond donors (Lipinski definition) is 1. The van der Waals surface area contributed by atoms with Crippen molar-refractivity contribution in [2.45, 2.75) is 44.0 Å². The minimum atomic E-state index is -3.89. The van der Waals surface area contributed by atoms with Gasteiger partial charge in [0.15, 0.2) is 0 Å². The first kappa shape index (κ1) is 16.2. The monoisotopic (exact) mass is 332 g/mol. The number of sulfonamides is 1. The first-order valence-corrected chi connectivity index (χ1v) is 8.46. The molecule has 2 rings (SSSR count). The van der Waals surface area contributed by atoms with E-state index in [9.17, 15) is 18.5 Å². The second-order valence-corrected chi connectivity index (χ2v) is 8.02. The Kier molecular flexibility index (Phi) is 4.28. The van der Waals surface area contributed by atoms with Crippen LogP contribution in [-0.2, 0) is 10.0 Å². The summed E-state index contributed by atoms with van der Waals surface area (Å²) in [5.41, 5.74) is -0.439. The van der Waals surface area contributed by atoms with Crippen LogP contribution in [0.3, 0.4) is 0 Å². The first-order valence-electron chi connectivity index (χ1n) is 6.60. The van der Waals surface area contributed by atoms with Gasteiger partial charge in [0.05, 0.1) is 9.95 Å². The zero-order chi connectivity index (χ0) is 15.8. The van der Waals surface area contributed by atoms with Crippen molar-refractivity contribution in [2.75, 3.05) is 0 Å². The number of benzene rings is 1. The molecule has 1 aromatic rings. The van der Waals surface area contributed by atoms with E-state index in [1.807, 2.05) is 13.8 Å². The summed E-state index contributed by atoms with van der Waals surface area (Å²) < 4.78 is 27.5. The average Bonchev–Trinajstić information content (AvgIpc) is 2.68. The number of nitrogens with one attached hydrogen (secondary N) is 1. The van der Waals surface area contributed by atoms with Crippen LogP contribution in [-0.4, -0.2) is 19.4 Å². The van der Waals surface area contributed by atoms with Crippen molar-refractivity contribution in [1.82, 2.24) is 4.72 Å². The molecule has 0 spiro atoms. The summed E-state index contributed by atoms with van der Waals surface area (Å²) in [5, 5.41) is 10.8. The van der Waals surface area contributed by atoms with Gasteiger partial charge < -0.3 is 0 Å². The summed E-state index contributed by atoms with van der Waals surface area (Å²) in [5.74, 6) is 0. The molecular weight excluding hydrogens is 316 g/mol. The van der Waals surface area contributed by atoms with Gasteiger partial charge in [-0.15, -0.1) is 0 Å². The van der Waals surface area contributed by atoms with Gasteiger partial charge in [-0.25, -0.2) is 13.1 Å². The fourth-order valence-electron chi connectivity index (χ4n) is 2.61. The lowest BCUT2D eigenvalue weighted by Crippen LogP contribution is -2.41. The predicted octanol–water partition coefficient (Wildman–Crippen LogP) is 3.11. The fraction of sp³-hybridized carbons (Fsp3) is 0.538. The second kappa shape index (κ2) is 5.55. The molecule has 0 heterocycles. The van der Waals surface area contributed by atoms with Crippen molar-refractivity contribution in [3.05, 3.63) is 33.3 Å². The molecule has 1 saturated carbocycles. The van der Waals surface area contributed by atoms with Crippen molar-refractivity contribution in [1.29, 1.82) is 0 Å². The largest absolute Gasteiger partial charge is 0.270 e. The quantitative estimate of drug-likeness (QED) is 0.677. The maximum atomic E-state index is 12.5. The minimum absolute atomic E-state index is 0.0242. The lowest BCUT2D eigenvalue weighted by atomic mass is 9.88. The smallest absolute Gasteiger partial charge is 0.258 e. The van der Waals surface area contributed by atoms with Gasteiger partial charge in [-0.05, 0) is 24.3 Å². The van der Waals surface area contributed by atoms with Gasteiger partial charge in [-0.2, -0.15) is 0 Å². The van der Waals surface area contributed by atoms with Crippen LogP contribution in [0.25, 0.3) is 0 Å². The normalized spacial score (nSPS) is 21.4. The Labute approximate surface area is 128 Å². The van der Waals surface area contributed by atoms with Crippen LogP contribution >= 0.6 is 11.6 Å². The van der Waals surface area contributed by atoms with Gasteiger partial charge in [0.25, 0.3) is 5.69 Å². The van der Waals surface area contributed by atoms with Crippen molar-refractivity contribution in [3.8, 4) is 0 Å². The highest BCUT2D eigenvalue weighted by Crippen LogP contribution is 2.38. The lowest BCUT2D eigenvalue weighted by molar-refractivity contribution is -0.385. The molecule has 0 aliphatic heterocycles. The Morgan fingerprint density at radius 3 is 2.62 bits per heavy atom. The Hall–Kier alpha value is -1.18. The van der Waals surface area contributed by atoms with E-state index in [1.165, 1.54) is 12.1 Å². The number of hydrogen-bond acceptors (Lipinski definition) is 4. The van der Waals surface area contributed by atoms with Gasteiger partial charge >= 0.3 is 0 Å². The van der Waals surface area contributed by atoms with Crippen LogP contribution in [0.2, 0.25) is 5.02 Å². The topological polar surface area (TPSA) is 89.3 Å². The summed E-state index contributed by atoms with van der Waals surface area (Å²) >= 11 is 5.90. The third kappa shape index (κ3) is 3.36. The molecule has 0 saturated heterocycles. The van der Waals surface area contributed by atoms with E-state index in [0.717, 1.165) is 25.3 Å². The van der Waals surface area contributed by atoms with Crippen LogP contribution in [0, 0.1) is 15.5 Å². The molecule has 1 N–H and O–H groups in total. The number of rotatable bonds is 4. The van der Waals surface area contributed by atoms with Crippen molar-refractivity contribution < 1.29 is 13.3 Å². The molecule has 116 valence electrons. The molecule has 0 aromatic heterocycles. The number of nitrogens with zero attached hydrogens (tertiary/aromatic N) is 1. The van der Waals surface area contributed by atoms with Crippen molar-refractivity contribution in [3.63, 3.8) is 0 Å². The summed E-state index contributed by atoms with van der Waals surface area (Å²) in [4.78, 5) is 9.89. The van der Waals surface area contributed by atoms with E-state index in [-0.39, 0.29) is 27.1 Å². The highest BCUT2D eigenvalue weighted by Gasteiger charge is 2.37. The molecule has 0 radical (unpaired) electrons. The van der Waals surface area contributed by atoms with E-state index in [0.29, 0.717) is 0 Å². The summed E-state index contributed by atoms with van der Waals surface area (Å²) in [6, 6.07) is 3.21. The highest BCUT2D eigenvalue weighted by atomic mass is 35.5. The molecule has 1 atom stereocenters. The van der Waals surface area contributed by atoms with Crippen LogP contribution in [0.15, 0.2) is 23.1 Å².